The number of carbonyl (C=O) groups is 1. The van der Waals surface area contributed by atoms with Crippen LogP contribution in [0.2, 0.25) is 0 Å². The van der Waals surface area contributed by atoms with E-state index in [4.69, 9.17) is 12.2 Å². The van der Waals surface area contributed by atoms with Crippen molar-refractivity contribution in [1.29, 1.82) is 0 Å². The van der Waals surface area contributed by atoms with Gasteiger partial charge in [-0.3, -0.25) is 9.69 Å². The Balaban J connectivity index is 2.29. The van der Waals surface area contributed by atoms with Gasteiger partial charge < -0.3 is 5.32 Å². The van der Waals surface area contributed by atoms with Crippen LogP contribution in [0.1, 0.15) is 12.5 Å². The van der Waals surface area contributed by atoms with E-state index < -0.39 is 0 Å². The van der Waals surface area contributed by atoms with Gasteiger partial charge in [0.25, 0.3) is 5.91 Å². The molecule has 0 aromatic heterocycles. The van der Waals surface area contributed by atoms with Crippen LogP contribution >= 0.6 is 12.2 Å². The minimum absolute atomic E-state index is 0.00393. The van der Waals surface area contributed by atoms with Crippen LogP contribution in [0.4, 0.5) is 5.69 Å². The summed E-state index contributed by atoms with van der Waals surface area (Å²) in [6, 6.07) is 7.89. The topological polar surface area (TPSA) is 32.3 Å². The highest BCUT2D eigenvalue weighted by molar-refractivity contribution is 7.80. The number of aryl methyl sites for hydroxylation is 1. The van der Waals surface area contributed by atoms with Gasteiger partial charge >= 0.3 is 0 Å². The number of nitrogens with zero attached hydrogens (tertiary/aromatic N) is 1. The van der Waals surface area contributed by atoms with E-state index in [0.717, 1.165) is 12.1 Å². The molecule has 1 heterocycles. The first-order valence-corrected chi connectivity index (χ1v) is 5.33. The molecule has 0 unspecified atom stereocenters. The number of anilines is 1. The predicted molar refractivity (Wildman–Crippen MR) is 63.9 cm³/mol. The molecular formula is C11H12N2OS. The normalized spacial score (nSPS) is 15.7. The van der Waals surface area contributed by atoms with Gasteiger partial charge in [0.15, 0.2) is 5.11 Å². The minimum atomic E-state index is 0.00393. The third-order valence-corrected chi connectivity index (χ3v) is 2.77. The molecule has 2 rings (SSSR count). The molecule has 0 spiro atoms. The summed E-state index contributed by atoms with van der Waals surface area (Å²) in [6.45, 7) is 2.40. The zero-order valence-electron chi connectivity index (χ0n) is 8.49. The van der Waals surface area contributed by atoms with Crippen molar-refractivity contribution in [3.05, 3.63) is 29.8 Å². The van der Waals surface area contributed by atoms with Crippen LogP contribution in [0.25, 0.3) is 0 Å². The second kappa shape index (κ2) is 3.98. The Bertz CT molecular complexity index is 384. The molecule has 1 N–H and O–H groups in total. The molecule has 78 valence electrons. The molecule has 1 fully saturated rings. The summed E-state index contributed by atoms with van der Waals surface area (Å²) in [5.41, 5.74) is 2.09. The second-order valence-electron chi connectivity index (χ2n) is 3.41. The smallest absolute Gasteiger partial charge is 0.252 e. The molecule has 3 nitrogen and oxygen atoms in total. The van der Waals surface area contributed by atoms with Crippen LogP contribution < -0.4 is 10.2 Å². The van der Waals surface area contributed by atoms with Crippen molar-refractivity contribution in [3.8, 4) is 0 Å². The number of amides is 1. The lowest BCUT2D eigenvalue weighted by atomic mass is 10.1. The molecule has 4 heteroatoms. The van der Waals surface area contributed by atoms with Crippen LogP contribution in [0, 0.1) is 0 Å². The zero-order valence-corrected chi connectivity index (χ0v) is 9.30. The van der Waals surface area contributed by atoms with E-state index >= 15 is 0 Å². The van der Waals surface area contributed by atoms with E-state index in [1.54, 1.807) is 0 Å². The van der Waals surface area contributed by atoms with Crippen LogP contribution in [0.5, 0.6) is 0 Å². The predicted octanol–water partition coefficient (Wildman–Crippen LogP) is 1.47. The summed E-state index contributed by atoms with van der Waals surface area (Å²) in [5, 5.41) is 3.34. The second-order valence-corrected chi connectivity index (χ2v) is 3.79. The summed E-state index contributed by atoms with van der Waals surface area (Å²) in [6.07, 6.45) is 0.997. The van der Waals surface area contributed by atoms with Gasteiger partial charge in [-0.25, -0.2) is 0 Å². The number of rotatable bonds is 2. The highest BCUT2D eigenvalue weighted by Gasteiger charge is 2.26. The average Bonchev–Trinajstić information content (AvgIpc) is 2.59. The fourth-order valence-corrected chi connectivity index (χ4v) is 1.84. The van der Waals surface area contributed by atoms with Crippen LogP contribution in [-0.4, -0.2) is 17.6 Å². The van der Waals surface area contributed by atoms with Gasteiger partial charge in [-0.1, -0.05) is 19.1 Å². The summed E-state index contributed by atoms with van der Waals surface area (Å²) in [7, 11) is 0. The number of hydrogen-bond acceptors (Lipinski definition) is 2. The molecule has 0 aliphatic carbocycles. The molecule has 1 aliphatic heterocycles. The number of benzene rings is 1. The first-order chi connectivity index (χ1) is 7.22. The van der Waals surface area contributed by atoms with Crippen molar-refractivity contribution in [2.45, 2.75) is 13.3 Å². The van der Waals surface area contributed by atoms with Gasteiger partial charge in [0.05, 0.1) is 12.2 Å². The van der Waals surface area contributed by atoms with Gasteiger partial charge in [-0.2, -0.15) is 0 Å². The summed E-state index contributed by atoms with van der Waals surface area (Å²) >= 11 is 5.05. The van der Waals surface area contributed by atoms with Crippen molar-refractivity contribution in [2.75, 3.05) is 11.4 Å². The van der Waals surface area contributed by atoms with E-state index in [1.807, 2.05) is 24.3 Å². The largest absolute Gasteiger partial charge is 0.353 e. The molecule has 0 saturated carbocycles. The first kappa shape index (κ1) is 10.1. The lowest BCUT2D eigenvalue weighted by molar-refractivity contribution is -0.115. The monoisotopic (exact) mass is 220 g/mol. The summed E-state index contributed by atoms with van der Waals surface area (Å²) in [4.78, 5) is 13.1. The average molecular weight is 220 g/mol. The van der Waals surface area contributed by atoms with Gasteiger partial charge in [0.1, 0.15) is 0 Å². The molecule has 1 aromatic rings. The molecule has 1 aromatic carbocycles. The van der Waals surface area contributed by atoms with Gasteiger partial charge in [-0.05, 0) is 36.3 Å². The van der Waals surface area contributed by atoms with Crippen LogP contribution in [-0.2, 0) is 11.2 Å². The summed E-state index contributed by atoms with van der Waals surface area (Å²) < 4.78 is 0. The van der Waals surface area contributed by atoms with E-state index in [-0.39, 0.29) is 5.91 Å². The highest BCUT2D eigenvalue weighted by Crippen LogP contribution is 2.18. The zero-order chi connectivity index (χ0) is 10.8. The first-order valence-electron chi connectivity index (χ1n) is 4.92. The lowest BCUT2D eigenvalue weighted by Gasteiger charge is -2.14. The maximum Gasteiger partial charge on any atom is 0.252 e. The maximum absolute atomic E-state index is 11.5. The molecule has 15 heavy (non-hydrogen) atoms. The Labute approximate surface area is 94.1 Å². The van der Waals surface area contributed by atoms with Crippen molar-refractivity contribution in [2.24, 2.45) is 0 Å². The lowest BCUT2D eigenvalue weighted by Crippen LogP contribution is -2.30. The van der Waals surface area contributed by atoms with Crippen molar-refractivity contribution in [1.82, 2.24) is 5.32 Å². The minimum Gasteiger partial charge on any atom is -0.353 e. The molecule has 0 radical (unpaired) electrons. The fourth-order valence-electron chi connectivity index (χ4n) is 1.56. The number of hydrogen-bond donors (Lipinski definition) is 1. The van der Waals surface area contributed by atoms with Crippen molar-refractivity contribution in [3.63, 3.8) is 0 Å². The number of nitrogens with one attached hydrogen (secondary N) is 1. The molecule has 1 amide bonds. The summed E-state index contributed by atoms with van der Waals surface area (Å²) in [5.74, 6) is 0.00393. The molecule has 1 saturated heterocycles. The maximum atomic E-state index is 11.5. The quantitative estimate of drug-likeness (QED) is 0.766. The Morgan fingerprint density at radius 2 is 2.07 bits per heavy atom. The number of carbonyl (C=O) groups excluding carboxylic acids is 1. The van der Waals surface area contributed by atoms with Gasteiger partial charge in [0, 0.05) is 0 Å². The van der Waals surface area contributed by atoms with E-state index in [2.05, 4.69) is 12.2 Å². The van der Waals surface area contributed by atoms with Crippen LogP contribution in [0.3, 0.4) is 0 Å². The van der Waals surface area contributed by atoms with Crippen LogP contribution in [0.15, 0.2) is 24.3 Å². The molecule has 0 atom stereocenters. The Morgan fingerprint density at radius 1 is 1.40 bits per heavy atom. The Kier molecular flexibility index (Phi) is 2.68. The van der Waals surface area contributed by atoms with E-state index in [0.29, 0.717) is 11.7 Å². The third kappa shape index (κ3) is 1.85. The molecule has 1 aliphatic rings. The molecular weight excluding hydrogens is 208 g/mol. The third-order valence-electron chi connectivity index (χ3n) is 2.45. The van der Waals surface area contributed by atoms with Gasteiger partial charge in [-0.15, -0.1) is 0 Å². The Hall–Kier alpha value is -1.42. The van der Waals surface area contributed by atoms with E-state index in [9.17, 15) is 4.79 Å². The Morgan fingerprint density at radius 3 is 2.53 bits per heavy atom. The van der Waals surface area contributed by atoms with Gasteiger partial charge in [0.2, 0.25) is 0 Å². The number of thiocarbonyl (C=S) groups is 1. The van der Waals surface area contributed by atoms with Crippen molar-refractivity contribution < 1.29 is 4.79 Å². The van der Waals surface area contributed by atoms with Crippen molar-refractivity contribution >= 4 is 28.9 Å². The standard InChI is InChI=1S/C11H12N2OS/c1-2-8-3-5-9(6-4-8)13-10(14)7-12-11(13)15/h3-6H,2,7H2,1H3,(H,12,15). The van der Waals surface area contributed by atoms with E-state index in [1.165, 1.54) is 10.5 Å². The SMILES string of the molecule is CCc1ccc(N2C(=O)CNC2=S)cc1. The molecule has 0 bridgehead atoms. The fraction of sp³-hybridized carbons (Fsp3) is 0.273. The highest BCUT2D eigenvalue weighted by atomic mass is 32.1.